The molecule has 2 aromatic rings. The molecular weight excluding hydrogens is 571 g/mol. The van der Waals surface area contributed by atoms with Gasteiger partial charge in [0.05, 0.1) is 11.9 Å². The Morgan fingerprint density at radius 2 is 1.63 bits per heavy atom. The molecule has 1 amide bonds. The Bertz CT molecular complexity index is 1870. The highest BCUT2D eigenvalue weighted by Crippen LogP contribution is 2.93. The van der Waals surface area contributed by atoms with Crippen molar-refractivity contribution in [2.75, 3.05) is 16.3 Å². The van der Waals surface area contributed by atoms with E-state index in [4.69, 9.17) is 0 Å². The summed E-state index contributed by atoms with van der Waals surface area (Å²) in [6.45, 7) is 0.210. The van der Waals surface area contributed by atoms with Crippen LogP contribution in [-0.4, -0.2) is 50.9 Å². The number of aliphatic hydroxyl groups excluding tert-OH is 1. The highest BCUT2D eigenvalue weighted by atomic mass is 32.2. The number of anilines is 2. The van der Waals surface area contributed by atoms with Gasteiger partial charge in [-0.05, 0) is 83.2 Å². The molecule has 6 fully saturated rings. The number of nitrogens with one attached hydrogen (secondary N) is 2. The lowest BCUT2D eigenvalue weighted by Crippen LogP contribution is -2.61. The molecule has 2 aliphatic heterocycles. The molecule has 0 aromatic heterocycles. The van der Waals surface area contributed by atoms with Crippen LogP contribution in [-0.2, 0) is 31.4 Å². The number of amidine groups is 1. The van der Waals surface area contributed by atoms with Gasteiger partial charge in [0.1, 0.15) is 22.0 Å². The van der Waals surface area contributed by atoms with E-state index in [2.05, 4.69) is 14.4 Å². The first-order valence-electron chi connectivity index (χ1n) is 13.7. The predicted octanol–water partition coefficient (Wildman–Crippen LogP) is 2.55. The fourth-order valence-electron chi connectivity index (χ4n) is 9.80. The Morgan fingerprint density at radius 3 is 2.29 bits per heavy atom. The molecular formula is C28H25FN4O6S2. The summed E-state index contributed by atoms with van der Waals surface area (Å²) in [4.78, 5) is 15.8. The van der Waals surface area contributed by atoms with Gasteiger partial charge in [-0.3, -0.25) is 9.52 Å². The van der Waals surface area contributed by atoms with Crippen LogP contribution >= 0.6 is 0 Å². The van der Waals surface area contributed by atoms with Crippen LogP contribution in [0.2, 0.25) is 0 Å². The third kappa shape index (κ3) is 3.05. The lowest BCUT2D eigenvalue weighted by Gasteiger charge is -2.54. The molecule has 6 saturated carbocycles. The van der Waals surface area contributed by atoms with Gasteiger partial charge in [0.15, 0.2) is 5.84 Å². The number of nitrogens with zero attached hydrogens (tertiary/aromatic N) is 2. The molecule has 10 nitrogen and oxygen atoms in total. The normalized spacial score (nSPS) is 39.5. The molecule has 3 N–H and O–H groups in total. The van der Waals surface area contributed by atoms with Crippen LogP contribution in [0.4, 0.5) is 15.8 Å². The lowest BCUT2D eigenvalue weighted by molar-refractivity contribution is -0.141. The molecule has 0 saturated heterocycles. The summed E-state index contributed by atoms with van der Waals surface area (Å²) < 4.78 is 69.8. The summed E-state index contributed by atoms with van der Waals surface area (Å²) in [6.07, 6.45) is 0.956. The SMILES string of the molecule is CS(=O)(=O)Nc1ccc2c(c1)S(=O)(=O)N=C(C1=C(O)[C@H]3C4C5C6C7C(C74)C(C65)[C@H]3N(Cc3ccc(F)cc3)C1=O)N2. The maximum Gasteiger partial charge on any atom is 0.286 e. The van der Waals surface area contributed by atoms with E-state index in [0.717, 1.165) is 17.9 Å². The van der Waals surface area contributed by atoms with Crippen LogP contribution in [0.1, 0.15) is 5.56 Å². The number of hydrogen-bond acceptors (Lipinski definition) is 7. The van der Waals surface area contributed by atoms with Crippen molar-refractivity contribution in [2.45, 2.75) is 17.5 Å². The summed E-state index contributed by atoms with van der Waals surface area (Å²) in [5, 5.41) is 14.7. The maximum atomic E-state index is 14.3. The van der Waals surface area contributed by atoms with E-state index in [1.807, 2.05) is 0 Å². The first-order chi connectivity index (χ1) is 19.4. The molecule has 6 unspecified atom stereocenters. The van der Waals surface area contributed by atoms with Crippen molar-refractivity contribution in [2.24, 2.45) is 57.7 Å². The van der Waals surface area contributed by atoms with Gasteiger partial charge in [0.2, 0.25) is 10.0 Å². The van der Waals surface area contributed by atoms with E-state index in [1.54, 1.807) is 17.0 Å². The molecule has 10 rings (SSSR count). The zero-order valence-electron chi connectivity index (χ0n) is 21.6. The number of carbonyl (C=O) groups is 1. The van der Waals surface area contributed by atoms with Crippen LogP contribution in [0.3, 0.4) is 0 Å². The number of aliphatic hydroxyl groups is 1. The largest absolute Gasteiger partial charge is 0.511 e. The van der Waals surface area contributed by atoms with Gasteiger partial charge in [0, 0.05) is 24.2 Å². The van der Waals surface area contributed by atoms with Crippen LogP contribution < -0.4 is 10.0 Å². The van der Waals surface area contributed by atoms with Crippen molar-refractivity contribution in [1.29, 1.82) is 0 Å². The van der Waals surface area contributed by atoms with Crippen molar-refractivity contribution in [1.82, 2.24) is 4.90 Å². The molecule has 0 spiro atoms. The molecule has 212 valence electrons. The fourth-order valence-corrected chi connectivity index (χ4v) is 11.5. The summed E-state index contributed by atoms with van der Waals surface area (Å²) >= 11 is 0. The molecule has 0 radical (unpaired) electrons. The number of benzene rings is 2. The first-order valence-corrected chi connectivity index (χ1v) is 17.0. The topological polar surface area (TPSA) is 145 Å². The monoisotopic (exact) mass is 596 g/mol. The van der Waals surface area contributed by atoms with Gasteiger partial charge in [-0.25, -0.2) is 12.8 Å². The second-order valence-electron chi connectivity index (χ2n) is 12.6. The minimum atomic E-state index is -4.35. The molecule has 8 atom stereocenters. The number of sulfonamides is 2. The van der Waals surface area contributed by atoms with Crippen LogP contribution in [0.15, 0.2) is 63.1 Å². The van der Waals surface area contributed by atoms with Gasteiger partial charge in [-0.2, -0.15) is 8.42 Å². The summed E-state index contributed by atoms with van der Waals surface area (Å²) in [7, 11) is -8.00. The number of rotatable bonds is 5. The Kier molecular flexibility index (Phi) is 4.30. The van der Waals surface area contributed by atoms with Gasteiger partial charge >= 0.3 is 0 Å². The summed E-state index contributed by atoms with van der Waals surface area (Å²) in [5.74, 6) is 2.67. The van der Waals surface area contributed by atoms with Crippen molar-refractivity contribution < 1.29 is 31.1 Å². The third-order valence-corrected chi connectivity index (χ3v) is 12.6. The minimum Gasteiger partial charge on any atom is -0.511 e. The molecule has 2 aromatic carbocycles. The van der Waals surface area contributed by atoms with Gasteiger partial charge in [0.25, 0.3) is 15.9 Å². The van der Waals surface area contributed by atoms with Crippen LogP contribution in [0, 0.1) is 59.1 Å². The van der Waals surface area contributed by atoms with Gasteiger partial charge in [-0.15, -0.1) is 4.40 Å². The molecule has 2 heterocycles. The number of amides is 1. The third-order valence-electron chi connectivity index (χ3n) is 10.7. The van der Waals surface area contributed by atoms with Crippen LogP contribution in [0.25, 0.3) is 0 Å². The smallest absolute Gasteiger partial charge is 0.286 e. The Balaban J connectivity index is 1.15. The number of fused-ring (bicyclic) bond motifs is 1. The predicted molar refractivity (Wildman–Crippen MR) is 145 cm³/mol. The Hall–Kier alpha value is -3.45. The molecule has 6 aliphatic carbocycles. The summed E-state index contributed by atoms with van der Waals surface area (Å²) in [5.41, 5.74) is 0.764. The number of hydrogen-bond donors (Lipinski definition) is 3. The van der Waals surface area contributed by atoms with E-state index in [1.165, 1.54) is 24.3 Å². The van der Waals surface area contributed by atoms with Gasteiger partial charge in [-0.1, -0.05) is 12.1 Å². The van der Waals surface area contributed by atoms with Crippen molar-refractivity contribution in [3.8, 4) is 0 Å². The van der Waals surface area contributed by atoms with E-state index < -0.39 is 26.0 Å². The van der Waals surface area contributed by atoms with E-state index in [0.29, 0.717) is 41.4 Å². The first kappa shape index (κ1) is 24.2. The molecule has 13 heteroatoms. The molecule has 8 aliphatic rings. The number of halogens is 1. The second kappa shape index (κ2) is 7.30. The standard InChI is InChI=1S/C28H25FN4O6S2/c1-40(36,37)31-12-6-7-13-14(8-12)41(38,39)32-27(30-13)24-26(34)23-21-17-15-16-18(21)20(16)22(19(15)17)25(23)33(28(24)35)9-10-2-4-11(29)5-3-10/h2-8,15-23,25,31,34H,9H2,1H3,(H,30,32)/t15?,16?,17?,18?,19?,20?,21?,22?,23-,25+/m0/s1. The van der Waals surface area contributed by atoms with Gasteiger partial charge < -0.3 is 15.3 Å². The zero-order valence-corrected chi connectivity index (χ0v) is 23.2. The maximum absolute atomic E-state index is 14.3. The Morgan fingerprint density at radius 1 is 1.00 bits per heavy atom. The Labute approximate surface area is 235 Å². The van der Waals surface area contributed by atoms with E-state index >= 15 is 0 Å². The lowest BCUT2D eigenvalue weighted by atomic mass is 9.59. The second-order valence-corrected chi connectivity index (χ2v) is 15.9. The quantitative estimate of drug-likeness (QED) is 0.481. The minimum absolute atomic E-state index is 0.0538. The van der Waals surface area contributed by atoms with E-state index in [9.17, 15) is 31.1 Å². The average molecular weight is 597 g/mol. The highest BCUT2D eigenvalue weighted by Gasteiger charge is 2.92. The van der Waals surface area contributed by atoms with Crippen molar-refractivity contribution >= 4 is 43.2 Å². The van der Waals surface area contributed by atoms with Crippen molar-refractivity contribution in [3.05, 3.63) is 65.2 Å². The molecule has 2 bridgehead atoms. The summed E-state index contributed by atoms with van der Waals surface area (Å²) in [6, 6.07) is 9.75. The molecule has 41 heavy (non-hydrogen) atoms. The van der Waals surface area contributed by atoms with Crippen molar-refractivity contribution in [3.63, 3.8) is 0 Å². The highest BCUT2D eigenvalue weighted by molar-refractivity contribution is 7.92. The van der Waals surface area contributed by atoms with Crippen LogP contribution in [0.5, 0.6) is 0 Å². The zero-order chi connectivity index (χ0) is 28.3. The number of carbonyl (C=O) groups excluding carboxylic acids is 1. The fraction of sp³-hybridized carbons (Fsp3) is 0.429. The average Bonchev–Trinajstić information content (AvgIpc) is 3.75. The van der Waals surface area contributed by atoms with E-state index in [-0.39, 0.29) is 63.7 Å².